The van der Waals surface area contributed by atoms with Gasteiger partial charge in [0.05, 0.1) is 0 Å². The summed E-state index contributed by atoms with van der Waals surface area (Å²) in [6, 6.07) is 0. The zero-order valence-corrected chi connectivity index (χ0v) is 11.9. The molecule has 0 saturated carbocycles. The number of rotatable bonds is 6. The molecule has 1 amide bonds. The van der Waals surface area contributed by atoms with Crippen LogP contribution >= 0.6 is 24.4 Å². The molecule has 0 aliphatic carbocycles. The van der Waals surface area contributed by atoms with Crippen LogP contribution in [0.1, 0.15) is 20.3 Å². The average molecular weight is 281 g/mol. The van der Waals surface area contributed by atoms with E-state index < -0.39 is 0 Å². The first-order valence-corrected chi connectivity index (χ1v) is 6.19. The first-order chi connectivity index (χ1) is 8.47. The molecule has 5 heteroatoms. The molecule has 96 valence electrons. The average Bonchev–Trinajstić information content (AvgIpc) is 2.32. The van der Waals surface area contributed by atoms with Crippen molar-refractivity contribution in [1.82, 2.24) is 5.32 Å². The molecular formula is C13H15NO2S2. The molecule has 0 spiro atoms. The number of nitrogens with one attached hydrogen (secondary N) is 1. The van der Waals surface area contributed by atoms with E-state index in [4.69, 9.17) is 24.4 Å². The van der Waals surface area contributed by atoms with Crippen LogP contribution in [-0.2, 0) is 9.59 Å². The lowest BCUT2D eigenvalue weighted by Crippen LogP contribution is -2.31. The normalized spacial score (nSPS) is 11.2. The maximum atomic E-state index is 11.3. The molecule has 0 aliphatic heterocycles. The highest BCUT2D eigenvalue weighted by Crippen LogP contribution is 1.86. The lowest BCUT2D eigenvalue weighted by molar-refractivity contribution is -0.115. The Morgan fingerprint density at radius 3 is 2.11 bits per heavy atom. The van der Waals surface area contributed by atoms with E-state index in [0.717, 1.165) is 0 Å². The lowest BCUT2D eigenvalue weighted by atomic mass is 10.3. The maximum absolute atomic E-state index is 11.3. The van der Waals surface area contributed by atoms with E-state index in [-0.39, 0.29) is 16.7 Å². The molecule has 0 bridgehead atoms. The molecule has 0 heterocycles. The topological polar surface area (TPSA) is 46.2 Å². The van der Waals surface area contributed by atoms with Crippen molar-refractivity contribution in [3.63, 3.8) is 0 Å². The number of thiocarbonyl (C=S) groups is 2. The van der Waals surface area contributed by atoms with Gasteiger partial charge < -0.3 is 5.32 Å². The summed E-state index contributed by atoms with van der Waals surface area (Å²) in [4.78, 5) is 22.9. The minimum absolute atomic E-state index is 0.0585. The van der Waals surface area contributed by atoms with Crippen LogP contribution in [0.25, 0.3) is 0 Å². The summed E-state index contributed by atoms with van der Waals surface area (Å²) in [6.07, 6.45) is 9.78. The van der Waals surface area contributed by atoms with Gasteiger partial charge in [0.15, 0.2) is 5.78 Å². The fourth-order valence-corrected chi connectivity index (χ4v) is 0.945. The lowest BCUT2D eigenvalue weighted by Gasteiger charge is -1.99. The Hall–Kier alpha value is -1.46. The second kappa shape index (κ2) is 9.56. The van der Waals surface area contributed by atoms with Crippen LogP contribution in [0, 0.1) is 0 Å². The smallest absolute Gasteiger partial charge is 0.249 e. The molecule has 0 aliphatic rings. The van der Waals surface area contributed by atoms with E-state index in [2.05, 4.69) is 5.32 Å². The quantitative estimate of drug-likeness (QED) is 0.461. The van der Waals surface area contributed by atoms with Gasteiger partial charge in [-0.1, -0.05) is 55.7 Å². The number of allylic oxidation sites excluding steroid dienone is 5. The fourth-order valence-electron chi connectivity index (χ4n) is 0.794. The van der Waals surface area contributed by atoms with Gasteiger partial charge in [0.2, 0.25) is 5.91 Å². The minimum atomic E-state index is -0.331. The van der Waals surface area contributed by atoms with Crippen molar-refractivity contribution in [3.05, 3.63) is 36.5 Å². The number of carbonyl (C=O) groups excluding carboxylic acids is 2. The van der Waals surface area contributed by atoms with Crippen LogP contribution in [0.3, 0.4) is 0 Å². The van der Waals surface area contributed by atoms with E-state index in [1.165, 1.54) is 12.2 Å². The van der Waals surface area contributed by atoms with E-state index in [1.807, 2.05) is 0 Å². The van der Waals surface area contributed by atoms with Gasteiger partial charge in [-0.05, 0) is 13.0 Å². The molecule has 0 aromatic rings. The molecule has 0 aromatic heterocycles. The van der Waals surface area contributed by atoms with Crippen molar-refractivity contribution in [3.8, 4) is 0 Å². The molecule has 0 radical (unpaired) electrons. The van der Waals surface area contributed by atoms with E-state index in [0.29, 0.717) is 11.3 Å². The summed E-state index contributed by atoms with van der Waals surface area (Å²) in [5.74, 6) is -0.273. The summed E-state index contributed by atoms with van der Waals surface area (Å²) in [7, 11) is 0. The molecule has 0 rings (SSSR count). The third-order valence-electron chi connectivity index (χ3n) is 1.77. The fraction of sp³-hybridized carbons (Fsp3) is 0.231. The molecule has 1 N–H and O–H groups in total. The molecule has 18 heavy (non-hydrogen) atoms. The molecule has 0 saturated heterocycles. The number of ketones is 1. The Morgan fingerprint density at radius 1 is 1.06 bits per heavy atom. The highest BCUT2D eigenvalue weighted by Gasteiger charge is 2.00. The second-order valence-electron chi connectivity index (χ2n) is 3.30. The SMILES string of the molecule is CCC(=O)/C=C/C=C/C=C/C(=O)NC(=S)C(C)=S. The van der Waals surface area contributed by atoms with Gasteiger partial charge in [0.25, 0.3) is 0 Å². The van der Waals surface area contributed by atoms with Crippen LogP contribution in [0.5, 0.6) is 0 Å². The van der Waals surface area contributed by atoms with Crippen molar-refractivity contribution in [2.45, 2.75) is 20.3 Å². The van der Waals surface area contributed by atoms with Crippen molar-refractivity contribution >= 4 is 46.0 Å². The number of carbonyl (C=O) groups is 2. The van der Waals surface area contributed by atoms with E-state index >= 15 is 0 Å². The van der Waals surface area contributed by atoms with Crippen LogP contribution < -0.4 is 5.32 Å². The van der Waals surface area contributed by atoms with Crippen LogP contribution in [-0.4, -0.2) is 21.5 Å². The van der Waals surface area contributed by atoms with Gasteiger partial charge in [0, 0.05) is 17.4 Å². The van der Waals surface area contributed by atoms with Crippen LogP contribution in [0.2, 0.25) is 0 Å². The molecule has 0 unspecified atom stereocenters. The first kappa shape index (κ1) is 16.5. The standard InChI is InChI=1S/C13H15NO2S2/c1-3-11(15)8-6-4-5-7-9-12(16)14-13(18)10(2)17/h4-9H,3H2,1-2H3,(H,14,16,18)/b5-4+,8-6+,9-7+. The monoisotopic (exact) mass is 281 g/mol. The Kier molecular flexibility index (Phi) is 8.78. The zero-order valence-electron chi connectivity index (χ0n) is 10.3. The summed E-state index contributed by atoms with van der Waals surface area (Å²) in [5.41, 5.74) is 0. The molecule has 3 nitrogen and oxygen atoms in total. The largest absolute Gasteiger partial charge is 0.313 e. The number of hydrogen-bond acceptors (Lipinski definition) is 4. The van der Waals surface area contributed by atoms with Gasteiger partial charge in [-0.2, -0.15) is 0 Å². The van der Waals surface area contributed by atoms with Gasteiger partial charge in [-0.25, -0.2) is 0 Å². The summed E-state index contributed by atoms with van der Waals surface area (Å²) in [5, 5.41) is 2.46. The van der Waals surface area contributed by atoms with Gasteiger partial charge in [-0.3, -0.25) is 9.59 Å². The highest BCUT2D eigenvalue weighted by atomic mass is 32.1. The van der Waals surface area contributed by atoms with E-state index in [9.17, 15) is 9.59 Å². The summed E-state index contributed by atoms with van der Waals surface area (Å²) < 4.78 is 0. The van der Waals surface area contributed by atoms with Gasteiger partial charge in [-0.15, -0.1) is 0 Å². The van der Waals surface area contributed by atoms with Crippen molar-refractivity contribution in [2.24, 2.45) is 0 Å². The third-order valence-corrected chi connectivity index (χ3v) is 2.51. The number of hydrogen-bond donors (Lipinski definition) is 1. The van der Waals surface area contributed by atoms with Crippen molar-refractivity contribution in [1.29, 1.82) is 0 Å². The Bertz CT molecular complexity index is 434. The first-order valence-electron chi connectivity index (χ1n) is 5.37. The highest BCUT2D eigenvalue weighted by molar-refractivity contribution is 7.89. The Balaban J connectivity index is 4.10. The molecular weight excluding hydrogens is 266 g/mol. The summed E-state index contributed by atoms with van der Waals surface area (Å²) >= 11 is 9.65. The predicted molar refractivity (Wildman–Crippen MR) is 81.7 cm³/mol. The van der Waals surface area contributed by atoms with Crippen LogP contribution in [0.4, 0.5) is 0 Å². The van der Waals surface area contributed by atoms with Crippen molar-refractivity contribution in [2.75, 3.05) is 0 Å². The Morgan fingerprint density at radius 2 is 1.61 bits per heavy atom. The predicted octanol–water partition coefficient (Wildman–Crippen LogP) is 2.47. The molecule has 0 aromatic carbocycles. The third kappa shape index (κ3) is 8.66. The molecule has 0 fully saturated rings. The Labute approximate surface area is 118 Å². The van der Waals surface area contributed by atoms with Crippen LogP contribution in [0.15, 0.2) is 36.5 Å². The van der Waals surface area contributed by atoms with Gasteiger partial charge in [0.1, 0.15) is 4.99 Å². The molecule has 0 atom stereocenters. The van der Waals surface area contributed by atoms with Crippen molar-refractivity contribution < 1.29 is 9.59 Å². The zero-order chi connectivity index (χ0) is 14.0. The van der Waals surface area contributed by atoms with E-state index in [1.54, 1.807) is 38.2 Å². The summed E-state index contributed by atoms with van der Waals surface area (Å²) in [6.45, 7) is 3.44. The second-order valence-corrected chi connectivity index (χ2v) is 4.32. The minimum Gasteiger partial charge on any atom is -0.313 e. The number of amides is 1. The maximum Gasteiger partial charge on any atom is 0.249 e. The van der Waals surface area contributed by atoms with Gasteiger partial charge >= 0.3 is 0 Å².